The normalized spacial score (nSPS) is 10.7. The first-order chi connectivity index (χ1) is 12.6. The van der Waals surface area contributed by atoms with Gasteiger partial charge in [0.2, 0.25) is 0 Å². The van der Waals surface area contributed by atoms with Crippen LogP contribution in [0.5, 0.6) is 5.75 Å². The number of benzene rings is 1. The number of ether oxygens (including phenoxy) is 3. The highest BCUT2D eigenvalue weighted by molar-refractivity contribution is 5.87. The Morgan fingerprint density at radius 3 is 2.42 bits per heavy atom. The fourth-order valence-corrected chi connectivity index (χ4v) is 2.27. The smallest absolute Gasteiger partial charge is 0.330 e. The minimum Gasteiger partial charge on any atom is -0.497 e. The highest BCUT2D eigenvalue weighted by Gasteiger charge is 2.13. The first-order valence-electron chi connectivity index (χ1n) is 8.30. The Morgan fingerprint density at radius 1 is 1.12 bits per heavy atom. The van der Waals surface area contributed by atoms with Gasteiger partial charge >= 0.3 is 11.9 Å². The van der Waals surface area contributed by atoms with E-state index in [-0.39, 0.29) is 12.4 Å². The molecular weight excluding hydrogens is 336 g/mol. The molecule has 0 N–H and O–H groups in total. The molecule has 138 valence electrons. The first-order valence-corrected chi connectivity index (χ1v) is 8.30. The van der Waals surface area contributed by atoms with Crippen molar-refractivity contribution in [3.05, 3.63) is 47.8 Å². The molecule has 1 aromatic heterocycles. The number of esters is 2. The van der Waals surface area contributed by atoms with E-state index in [2.05, 4.69) is 5.10 Å². The molecule has 2 rings (SSSR count). The minimum absolute atomic E-state index is 0.0620. The van der Waals surface area contributed by atoms with Gasteiger partial charge in [-0.3, -0.25) is 4.79 Å². The summed E-state index contributed by atoms with van der Waals surface area (Å²) >= 11 is 0. The van der Waals surface area contributed by atoms with Gasteiger partial charge in [-0.15, -0.1) is 0 Å². The van der Waals surface area contributed by atoms with Crippen molar-refractivity contribution >= 4 is 18.0 Å². The topological polar surface area (TPSA) is 79.6 Å². The third-order valence-electron chi connectivity index (χ3n) is 3.46. The highest BCUT2D eigenvalue weighted by Crippen LogP contribution is 2.18. The summed E-state index contributed by atoms with van der Waals surface area (Å²) in [5.41, 5.74) is 1.95. The molecule has 0 unspecified atom stereocenters. The van der Waals surface area contributed by atoms with Gasteiger partial charge in [0.05, 0.1) is 38.1 Å². The fraction of sp³-hybridized carbons (Fsp3) is 0.316. The third kappa shape index (κ3) is 5.20. The lowest BCUT2D eigenvalue weighted by molar-refractivity contribution is -0.142. The Balaban J connectivity index is 2.31. The van der Waals surface area contributed by atoms with Crippen molar-refractivity contribution in [2.24, 2.45) is 0 Å². The number of methoxy groups -OCH3 is 1. The van der Waals surface area contributed by atoms with E-state index in [1.165, 1.54) is 12.2 Å². The summed E-state index contributed by atoms with van der Waals surface area (Å²) in [4.78, 5) is 23.4. The number of hydrogen-bond acceptors (Lipinski definition) is 6. The van der Waals surface area contributed by atoms with E-state index in [4.69, 9.17) is 14.2 Å². The van der Waals surface area contributed by atoms with Crippen molar-refractivity contribution in [3.8, 4) is 11.4 Å². The molecule has 0 atom stereocenters. The van der Waals surface area contributed by atoms with E-state index >= 15 is 0 Å². The van der Waals surface area contributed by atoms with Crippen molar-refractivity contribution < 1.29 is 23.8 Å². The summed E-state index contributed by atoms with van der Waals surface area (Å²) in [6.45, 7) is 4.08. The Labute approximate surface area is 152 Å². The number of carbonyl (C=O) groups is 2. The second-order valence-corrected chi connectivity index (χ2v) is 5.25. The van der Waals surface area contributed by atoms with Gasteiger partial charge in [-0.25, -0.2) is 9.48 Å². The molecule has 0 amide bonds. The monoisotopic (exact) mass is 358 g/mol. The maximum atomic E-state index is 11.8. The summed E-state index contributed by atoms with van der Waals surface area (Å²) < 4.78 is 16.7. The van der Waals surface area contributed by atoms with Gasteiger partial charge in [-0.1, -0.05) is 0 Å². The molecule has 26 heavy (non-hydrogen) atoms. The Hall–Kier alpha value is -3.09. The fourth-order valence-electron chi connectivity index (χ4n) is 2.27. The van der Waals surface area contributed by atoms with Crippen LogP contribution in [0.15, 0.2) is 36.5 Å². The number of carbonyl (C=O) groups excluding carboxylic acids is 2. The average Bonchev–Trinajstić information content (AvgIpc) is 3.03. The SMILES string of the molecule is CCOC(=O)/C=C/c1nn(-c2ccc(OC)cc2)cc1CC(=O)OCC. The van der Waals surface area contributed by atoms with Crippen LogP contribution in [0.2, 0.25) is 0 Å². The standard InChI is InChI=1S/C19H22N2O5/c1-4-25-18(22)11-10-17-14(12-19(23)26-5-2)13-21(20-17)15-6-8-16(24-3)9-7-15/h6-11,13H,4-5,12H2,1-3H3/b11-10+. The first kappa shape index (κ1) is 19.2. The van der Waals surface area contributed by atoms with Gasteiger partial charge in [0.25, 0.3) is 0 Å². The van der Waals surface area contributed by atoms with Gasteiger partial charge in [-0.2, -0.15) is 5.10 Å². The van der Waals surface area contributed by atoms with Crippen LogP contribution in [0, 0.1) is 0 Å². The van der Waals surface area contributed by atoms with E-state index in [1.807, 2.05) is 24.3 Å². The molecule has 0 aliphatic rings. The van der Waals surface area contributed by atoms with Crippen molar-refractivity contribution in [3.63, 3.8) is 0 Å². The van der Waals surface area contributed by atoms with Crippen LogP contribution >= 0.6 is 0 Å². The Morgan fingerprint density at radius 2 is 1.81 bits per heavy atom. The molecule has 0 radical (unpaired) electrons. The van der Waals surface area contributed by atoms with Gasteiger partial charge in [0, 0.05) is 17.8 Å². The predicted molar refractivity (Wildman–Crippen MR) is 96.1 cm³/mol. The molecule has 7 heteroatoms. The molecule has 0 saturated heterocycles. The van der Waals surface area contributed by atoms with Gasteiger partial charge in [-0.05, 0) is 44.2 Å². The van der Waals surface area contributed by atoms with E-state index < -0.39 is 5.97 Å². The quantitative estimate of drug-likeness (QED) is 0.533. The largest absolute Gasteiger partial charge is 0.497 e. The van der Waals surface area contributed by atoms with E-state index in [9.17, 15) is 9.59 Å². The Bertz CT molecular complexity index is 778. The number of rotatable bonds is 8. The maximum Gasteiger partial charge on any atom is 0.330 e. The number of hydrogen-bond donors (Lipinski definition) is 0. The van der Waals surface area contributed by atoms with Crippen molar-refractivity contribution in [2.75, 3.05) is 20.3 Å². The summed E-state index contributed by atoms with van der Waals surface area (Å²) in [6.07, 6.45) is 4.63. The van der Waals surface area contributed by atoms with Gasteiger partial charge in [0.15, 0.2) is 0 Å². The third-order valence-corrected chi connectivity index (χ3v) is 3.46. The van der Waals surface area contributed by atoms with E-state index in [0.717, 1.165) is 11.4 Å². The summed E-state index contributed by atoms with van der Waals surface area (Å²) in [6, 6.07) is 7.32. The molecule has 1 heterocycles. The van der Waals surface area contributed by atoms with Crippen LogP contribution in [0.1, 0.15) is 25.1 Å². The lowest BCUT2D eigenvalue weighted by Gasteiger charge is -2.03. The molecule has 0 bridgehead atoms. The Kier molecular flexibility index (Phi) is 6.96. The lowest BCUT2D eigenvalue weighted by Crippen LogP contribution is -2.07. The van der Waals surface area contributed by atoms with Crippen molar-refractivity contribution in [1.29, 1.82) is 0 Å². The zero-order chi connectivity index (χ0) is 18.9. The zero-order valence-corrected chi connectivity index (χ0v) is 15.1. The van der Waals surface area contributed by atoms with Crippen LogP contribution in [-0.2, 0) is 25.5 Å². The average molecular weight is 358 g/mol. The molecule has 1 aromatic carbocycles. The molecule has 7 nitrogen and oxygen atoms in total. The molecule has 2 aromatic rings. The lowest BCUT2D eigenvalue weighted by atomic mass is 10.2. The van der Waals surface area contributed by atoms with Crippen molar-refractivity contribution in [2.45, 2.75) is 20.3 Å². The molecular formula is C19H22N2O5. The van der Waals surface area contributed by atoms with E-state index in [0.29, 0.717) is 24.5 Å². The molecule has 0 aliphatic heterocycles. The van der Waals surface area contributed by atoms with E-state index in [1.54, 1.807) is 31.8 Å². The van der Waals surface area contributed by atoms with Crippen molar-refractivity contribution in [1.82, 2.24) is 9.78 Å². The van der Waals surface area contributed by atoms with Crippen LogP contribution in [-0.4, -0.2) is 42.0 Å². The molecule has 0 saturated carbocycles. The van der Waals surface area contributed by atoms with Crippen LogP contribution in [0.3, 0.4) is 0 Å². The zero-order valence-electron chi connectivity index (χ0n) is 15.1. The minimum atomic E-state index is -0.464. The summed E-state index contributed by atoms with van der Waals surface area (Å²) in [5, 5.41) is 4.45. The second-order valence-electron chi connectivity index (χ2n) is 5.25. The highest BCUT2D eigenvalue weighted by atomic mass is 16.5. The molecule has 0 spiro atoms. The predicted octanol–water partition coefficient (Wildman–Crippen LogP) is 2.56. The van der Waals surface area contributed by atoms with Crippen LogP contribution in [0.4, 0.5) is 0 Å². The maximum absolute atomic E-state index is 11.8. The summed E-state index contributed by atoms with van der Waals surface area (Å²) in [7, 11) is 1.60. The number of aromatic nitrogens is 2. The van der Waals surface area contributed by atoms with Crippen LogP contribution in [0.25, 0.3) is 11.8 Å². The van der Waals surface area contributed by atoms with Gasteiger partial charge in [0.1, 0.15) is 5.75 Å². The molecule has 0 fully saturated rings. The summed E-state index contributed by atoms with van der Waals surface area (Å²) in [5.74, 6) is -0.0868. The number of nitrogens with zero attached hydrogens (tertiary/aromatic N) is 2. The van der Waals surface area contributed by atoms with Gasteiger partial charge < -0.3 is 14.2 Å². The molecule has 0 aliphatic carbocycles. The van der Waals surface area contributed by atoms with Crippen LogP contribution < -0.4 is 4.74 Å². The second kappa shape index (κ2) is 9.41.